The van der Waals surface area contributed by atoms with Gasteiger partial charge in [0.15, 0.2) is 0 Å². The molecule has 0 aromatic carbocycles. The highest BCUT2D eigenvalue weighted by Crippen LogP contribution is 2.49. The van der Waals surface area contributed by atoms with E-state index in [0.717, 1.165) is 25.7 Å². The summed E-state index contributed by atoms with van der Waals surface area (Å²) in [6.45, 7) is 8.30. The van der Waals surface area contributed by atoms with E-state index in [1.807, 2.05) is 20.8 Å². The van der Waals surface area contributed by atoms with Gasteiger partial charge in [0.2, 0.25) is 10.0 Å². The summed E-state index contributed by atoms with van der Waals surface area (Å²) < 4.78 is 32.4. The van der Waals surface area contributed by atoms with Crippen LogP contribution in [0.1, 0.15) is 53.4 Å². The lowest BCUT2D eigenvalue weighted by atomic mass is 9.84. The molecule has 0 bridgehead atoms. The number of likely N-dealkylation sites (tertiary alicyclic amines) is 1. The van der Waals surface area contributed by atoms with E-state index in [1.54, 1.807) is 11.8 Å². The molecule has 6 nitrogen and oxygen atoms in total. The van der Waals surface area contributed by atoms with Gasteiger partial charge in [-0.2, -0.15) is 0 Å². The molecular formula is C15H28N2O4S. The molecule has 0 radical (unpaired) electrons. The molecule has 0 spiro atoms. The van der Waals surface area contributed by atoms with Crippen LogP contribution in [0.15, 0.2) is 0 Å². The van der Waals surface area contributed by atoms with Gasteiger partial charge in [0.05, 0.1) is 5.75 Å². The third-order valence-corrected chi connectivity index (χ3v) is 6.24. The smallest absolute Gasteiger partial charge is 0.410 e. The summed E-state index contributed by atoms with van der Waals surface area (Å²) in [6.07, 6.45) is 3.11. The summed E-state index contributed by atoms with van der Waals surface area (Å²) in [4.78, 5) is 14.1. The molecule has 0 aromatic rings. The fourth-order valence-corrected chi connectivity index (χ4v) is 5.61. The van der Waals surface area contributed by atoms with Gasteiger partial charge >= 0.3 is 6.09 Å². The molecule has 1 aliphatic heterocycles. The molecule has 0 aromatic heterocycles. The molecule has 1 aliphatic carbocycles. The predicted molar refractivity (Wildman–Crippen MR) is 85.1 cm³/mol. The quantitative estimate of drug-likeness (QED) is 0.855. The van der Waals surface area contributed by atoms with Crippen LogP contribution < -0.4 is 4.72 Å². The zero-order chi connectivity index (χ0) is 16.6. The Kier molecular flexibility index (Phi) is 4.78. The molecule has 7 heteroatoms. The Morgan fingerprint density at radius 3 is 2.64 bits per heavy atom. The van der Waals surface area contributed by atoms with E-state index in [2.05, 4.69) is 4.72 Å². The Labute approximate surface area is 133 Å². The minimum absolute atomic E-state index is 0.0178. The van der Waals surface area contributed by atoms with Gasteiger partial charge in [-0.25, -0.2) is 17.9 Å². The van der Waals surface area contributed by atoms with Crippen LogP contribution in [0.2, 0.25) is 0 Å². The highest BCUT2D eigenvalue weighted by molar-refractivity contribution is 7.89. The first kappa shape index (κ1) is 17.5. The summed E-state index contributed by atoms with van der Waals surface area (Å²) in [6, 6.07) is -0.0178. The van der Waals surface area contributed by atoms with Crippen molar-refractivity contribution in [1.82, 2.24) is 9.62 Å². The minimum Gasteiger partial charge on any atom is -0.444 e. The maximum atomic E-state index is 12.4. The molecule has 1 saturated carbocycles. The van der Waals surface area contributed by atoms with Gasteiger partial charge in [-0.15, -0.1) is 0 Å². The van der Waals surface area contributed by atoms with E-state index in [0.29, 0.717) is 13.1 Å². The van der Waals surface area contributed by atoms with Crippen molar-refractivity contribution >= 4 is 16.1 Å². The summed E-state index contributed by atoms with van der Waals surface area (Å²) in [5, 5.41) is 0. The zero-order valence-electron chi connectivity index (χ0n) is 14.0. The number of carbonyl (C=O) groups is 1. The number of fused-ring (bicyclic) bond motifs is 1. The van der Waals surface area contributed by atoms with Gasteiger partial charge < -0.3 is 9.64 Å². The Morgan fingerprint density at radius 1 is 1.36 bits per heavy atom. The monoisotopic (exact) mass is 332 g/mol. The van der Waals surface area contributed by atoms with Crippen LogP contribution >= 0.6 is 0 Å². The Bertz CT molecular complexity index is 526. The molecule has 2 unspecified atom stereocenters. The van der Waals surface area contributed by atoms with Crippen molar-refractivity contribution in [3.63, 3.8) is 0 Å². The zero-order valence-corrected chi connectivity index (χ0v) is 14.8. The summed E-state index contributed by atoms with van der Waals surface area (Å²) in [5.41, 5.74) is -0.839. The number of nitrogens with zero attached hydrogens (tertiary/aromatic N) is 1. The Morgan fingerprint density at radius 2 is 2.05 bits per heavy atom. The van der Waals surface area contributed by atoms with Crippen molar-refractivity contribution in [3.05, 3.63) is 0 Å². The number of hydrogen-bond acceptors (Lipinski definition) is 4. The van der Waals surface area contributed by atoms with Crippen molar-refractivity contribution in [2.45, 2.75) is 65.0 Å². The topological polar surface area (TPSA) is 75.7 Å². The van der Waals surface area contributed by atoms with Crippen LogP contribution in [0.4, 0.5) is 4.79 Å². The third-order valence-electron chi connectivity index (χ3n) is 4.56. The average molecular weight is 332 g/mol. The number of hydrogen-bond donors (Lipinski definition) is 1. The number of nitrogens with one attached hydrogen (secondary N) is 1. The lowest BCUT2D eigenvalue weighted by Gasteiger charge is -2.33. The van der Waals surface area contributed by atoms with Crippen LogP contribution in [-0.2, 0) is 14.8 Å². The molecule has 1 saturated heterocycles. The van der Waals surface area contributed by atoms with E-state index < -0.39 is 15.6 Å². The van der Waals surface area contributed by atoms with Crippen molar-refractivity contribution in [2.75, 3.05) is 18.8 Å². The summed E-state index contributed by atoms with van der Waals surface area (Å²) in [7, 11) is -3.29. The highest BCUT2D eigenvalue weighted by atomic mass is 32.2. The first-order valence-corrected chi connectivity index (χ1v) is 9.71. The van der Waals surface area contributed by atoms with Crippen molar-refractivity contribution in [2.24, 2.45) is 5.41 Å². The van der Waals surface area contributed by atoms with Gasteiger partial charge in [0.25, 0.3) is 0 Å². The van der Waals surface area contributed by atoms with Crippen LogP contribution in [0.3, 0.4) is 0 Å². The Balaban J connectivity index is 2.13. The molecule has 1 N–H and O–H groups in total. The van der Waals surface area contributed by atoms with Crippen LogP contribution in [0, 0.1) is 5.41 Å². The largest absolute Gasteiger partial charge is 0.444 e. The summed E-state index contributed by atoms with van der Waals surface area (Å²) in [5.74, 6) is 0.109. The first-order valence-electron chi connectivity index (χ1n) is 8.05. The first-order chi connectivity index (χ1) is 10.1. The normalized spacial score (nSPS) is 28.7. The standard InChI is InChI=1S/C15H28N2O4S/c1-5-16-22(19,20)11-15-8-6-7-12(15)17(10-9-15)13(18)21-14(2,3)4/h12,16H,5-11H2,1-4H3. The number of carbonyl (C=O) groups excluding carboxylic acids is 1. The molecule has 2 fully saturated rings. The second-order valence-electron chi connectivity index (χ2n) is 7.45. The number of sulfonamides is 1. The van der Waals surface area contributed by atoms with Crippen molar-refractivity contribution in [1.29, 1.82) is 0 Å². The second kappa shape index (κ2) is 6.00. The molecule has 1 amide bonds. The van der Waals surface area contributed by atoms with E-state index >= 15 is 0 Å². The number of amides is 1. The molecule has 2 rings (SSSR count). The van der Waals surface area contributed by atoms with Crippen molar-refractivity contribution < 1.29 is 17.9 Å². The van der Waals surface area contributed by atoms with Crippen molar-refractivity contribution in [3.8, 4) is 0 Å². The van der Waals surface area contributed by atoms with E-state index in [1.165, 1.54) is 0 Å². The maximum absolute atomic E-state index is 12.4. The second-order valence-corrected chi connectivity index (χ2v) is 9.26. The van der Waals surface area contributed by atoms with Gasteiger partial charge in [-0.05, 0) is 40.0 Å². The molecule has 1 heterocycles. The van der Waals surface area contributed by atoms with Gasteiger partial charge in [-0.1, -0.05) is 13.3 Å². The SMILES string of the molecule is CCNS(=O)(=O)CC12CCCC1N(C(=O)OC(C)(C)C)CC2. The van der Waals surface area contributed by atoms with E-state index in [4.69, 9.17) is 4.74 Å². The third kappa shape index (κ3) is 3.74. The molecule has 2 atom stereocenters. The predicted octanol–water partition coefficient (Wildman–Crippen LogP) is 2.11. The maximum Gasteiger partial charge on any atom is 0.410 e. The van der Waals surface area contributed by atoms with Gasteiger partial charge in [0.1, 0.15) is 5.60 Å². The van der Waals surface area contributed by atoms with Gasteiger partial charge in [-0.3, -0.25) is 0 Å². The molecule has 2 aliphatic rings. The lowest BCUT2D eigenvalue weighted by molar-refractivity contribution is 0.0195. The van der Waals surface area contributed by atoms with Crippen LogP contribution in [-0.4, -0.2) is 49.9 Å². The molecule has 128 valence electrons. The molecule has 22 heavy (non-hydrogen) atoms. The Hall–Kier alpha value is -0.820. The fraction of sp³-hybridized carbons (Fsp3) is 0.933. The summed E-state index contributed by atoms with van der Waals surface area (Å²) >= 11 is 0. The molecular weight excluding hydrogens is 304 g/mol. The number of rotatable bonds is 4. The van der Waals surface area contributed by atoms with Crippen LogP contribution in [0.5, 0.6) is 0 Å². The minimum atomic E-state index is -3.29. The van der Waals surface area contributed by atoms with Gasteiger partial charge in [0, 0.05) is 24.5 Å². The highest BCUT2D eigenvalue weighted by Gasteiger charge is 2.54. The lowest BCUT2D eigenvalue weighted by Crippen LogP contribution is -2.45. The van der Waals surface area contributed by atoms with E-state index in [-0.39, 0.29) is 23.3 Å². The average Bonchev–Trinajstić information content (AvgIpc) is 2.82. The fourth-order valence-electron chi connectivity index (χ4n) is 3.83. The van der Waals surface area contributed by atoms with Crippen LogP contribution in [0.25, 0.3) is 0 Å². The number of ether oxygens (including phenoxy) is 1. The van der Waals surface area contributed by atoms with E-state index in [9.17, 15) is 13.2 Å².